The van der Waals surface area contributed by atoms with Crippen molar-refractivity contribution in [1.29, 1.82) is 0 Å². The first-order chi connectivity index (χ1) is 9.74. The lowest BCUT2D eigenvalue weighted by Crippen LogP contribution is -2.22. The molecule has 0 atom stereocenters. The highest BCUT2D eigenvalue weighted by molar-refractivity contribution is 5.83. The molecule has 102 valence electrons. The van der Waals surface area contributed by atoms with Gasteiger partial charge in [-0.1, -0.05) is 32.0 Å². The number of hydrogen-bond donors (Lipinski definition) is 1. The van der Waals surface area contributed by atoms with Crippen molar-refractivity contribution in [3.05, 3.63) is 48.5 Å². The van der Waals surface area contributed by atoms with Gasteiger partial charge in [-0.05, 0) is 17.7 Å². The predicted molar refractivity (Wildman–Crippen MR) is 78.6 cm³/mol. The van der Waals surface area contributed by atoms with Gasteiger partial charge in [0.2, 0.25) is 0 Å². The van der Waals surface area contributed by atoms with Gasteiger partial charge in [0.05, 0.1) is 5.52 Å². The van der Waals surface area contributed by atoms with E-state index in [2.05, 4.69) is 46.4 Å². The van der Waals surface area contributed by atoms with Crippen LogP contribution >= 0.6 is 0 Å². The molecule has 3 rings (SSSR count). The molecule has 3 aromatic rings. The third-order valence-electron chi connectivity index (χ3n) is 3.14. The number of nitrogens with one attached hydrogen (secondary N) is 1. The average Bonchev–Trinajstić information content (AvgIpc) is 2.98. The SMILES string of the molecule is CC(C)NCc1cc(-n2cncn2)nc2ccccc12. The summed E-state index contributed by atoms with van der Waals surface area (Å²) in [6.45, 7) is 5.09. The number of aromatic nitrogens is 4. The van der Waals surface area contributed by atoms with Crippen molar-refractivity contribution in [2.75, 3.05) is 0 Å². The fourth-order valence-electron chi connectivity index (χ4n) is 2.14. The van der Waals surface area contributed by atoms with E-state index in [1.807, 2.05) is 18.2 Å². The maximum absolute atomic E-state index is 4.64. The van der Waals surface area contributed by atoms with Crippen LogP contribution in [-0.4, -0.2) is 25.8 Å². The monoisotopic (exact) mass is 267 g/mol. The number of benzene rings is 1. The second-order valence-electron chi connectivity index (χ2n) is 5.03. The number of pyridine rings is 1. The lowest BCUT2D eigenvalue weighted by atomic mass is 10.1. The van der Waals surface area contributed by atoms with E-state index in [4.69, 9.17) is 0 Å². The lowest BCUT2D eigenvalue weighted by molar-refractivity contribution is 0.590. The molecular formula is C15H17N5. The molecule has 0 aliphatic carbocycles. The van der Waals surface area contributed by atoms with Crippen molar-refractivity contribution < 1.29 is 0 Å². The van der Waals surface area contributed by atoms with Gasteiger partial charge in [-0.2, -0.15) is 5.10 Å². The molecule has 0 saturated carbocycles. The van der Waals surface area contributed by atoms with Crippen molar-refractivity contribution in [3.63, 3.8) is 0 Å². The molecule has 0 unspecified atom stereocenters. The van der Waals surface area contributed by atoms with Crippen LogP contribution in [0.15, 0.2) is 43.0 Å². The molecule has 1 aromatic carbocycles. The fraction of sp³-hybridized carbons (Fsp3) is 0.267. The minimum absolute atomic E-state index is 0.441. The van der Waals surface area contributed by atoms with Gasteiger partial charge in [-0.25, -0.2) is 14.6 Å². The van der Waals surface area contributed by atoms with Gasteiger partial charge < -0.3 is 5.32 Å². The topological polar surface area (TPSA) is 55.6 Å². The molecule has 0 bridgehead atoms. The van der Waals surface area contributed by atoms with Crippen LogP contribution in [0.5, 0.6) is 0 Å². The maximum atomic E-state index is 4.64. The number of hydrogen-bond acceptors (Lipinski definition) is 4. The Morgan fingerprint density at radius 1 is 1.25 bits per heavy atom. The molecule has 0 saturated heterocycles. The van der Waals surface area contributed by atoms with Crippen molar-refractivity contribution in [2.45, 2.75) is 26.4 Å². The Hall–Kier alpha value is -2.27. The Kier molecular flexibility index (Phi) is 3.43. The standard InChI is InChI=1S/C15H17N5/c1-11(2)17-8-12-7-15(20-10-16-9-18-20)19-14-6-4-3-5-13(12)14/h3-7,9-11,17H,8H2,1-2H3. The van der Waals surface area contributed by atoms with Gasteiger partial charge in [0.15, 0.2) is 5.82 Å². The zero-order chi connectivity index (χ0) is 13.9. The summed E-state index contributed by atoms with van der Waals surface area (Å²) in [6.07, 6.45) is 3.18. The second kappa shape index (κ2) is 5.38. The van der Waals surface area contributed by atoms with Crippen LogP contribution in [0, 0.1) is 0 Å². The highest BCUT2D eigenvalue weighted by Crippen LogP contribution is 2.19. The van der Waals surface area contributed by atoms with Crippen molar-refractivity contribution in [3.8, 4) is 5.82 Å². The largest absolute Gasteiger partial charge is 0.310 e. The second-order valence-corrected chi connectivity index (χ2v) is 5.03. The number of fused-ring (bicyclic) bond motifs is 1. The highest BCUT2D eigenvalue weighted by Gasteiger charge is 2.07. The van der Waals surface area contributed by atoms with Gasteiger partial charge in [-0.3, -0.25) is 0 Å². The van der Waals surface area contributed by atoms with E-state index in [1.165, 1.54) is 17.3 Å². The minimum Gasteiger partial charge on any atom is -0.310 e. The Labute approximate surface area is 117 Å². The summed E-state index contributed by atoms with van der Waals surface area (Å²) in [5, 5.41) is 8.78. The lowest BCUT2D eigenvalue weighted by Gasteiger charge is -2.12. The summed E-state index contributed by atoms with van der Waals surface area (Å²) in [5.74, 6) is 0.793. The van der Waals surface area contributed by atoms with Crippen molar-refractivity contribution in [2.24, 2.45) is 0 Å². The van der Waals surface area contributed by atoms with E-state index in [9.17, 15) is 0 Å². The van der Waals surface area contributed by atoms with Crippen LogP contribution in [0.1, 0.15) is 19.4 Å². The first-order valence-electron chi connectivity index (χ1n) is 6.71. The van der Waals surface area contributed by atoms with Crippen molar-refractivity contribution >= 4 is 10.9 Å². The molecule has 2 aromatic heterocycles. The Balaban J connectivity index is 2.10. The van der Waals surface area contributed by atoms with Gasteiger partial charge in [0, 0.05) is 18.0 Å². The van der Waals surface area contributed by atoms with Gasteiger partial charge in [-0.15, -0.1) is 0 Å². The van der Waals surface area contributed by atoms with Crippen molar-refractivity contribution in [1.82, 2.24) is 25.1 Å². The Morgan fingerprint density at radius 3 is 2.85 bits per heavy atom. The van der Waals surface area contributed by atoms with Crippen LogP contribution < -0.4 is 5.32 Å². The summed E-state index contributed by atoms with van der Waals surface area (Å²) in [4.78, 5) is 8.62. The van der Waals surface area contributed by atoms with Crippen LogP contribution in [0.4, 0.5) is 0 Å². The summed E-state index contributed by atoms with van der Waals surface area (Å²) in [5.41, 5.74) is 2.19. The summed E-state index contributed by atoms with van der Waals surface area (Å²) >= 11 is 0. The smallest absolute Gasteiger partial charge is 0.156 e. The average molecular weight is 267 g/mol. The van der Waals surface area contributed by atoms with E-state index in [0.717, 1.165) is 17.9 Å². The molecule has 2 heterocycles. The first kappa shape index (κ1) is 12.7. The van der Waals surface area contributed by atoms with E-state index < -0.39 is 0 Å². The van der Waals surface area contributed by atoms with E-state index in [0.29, 0.717) is 6.04 Å². The maximum Gasteiger partial charge on any atom is 0.156 e. The zero-order valence-corrected chi connectivity index (χ0v) is 11.6. The molecule has 0 fully saturated rings. The van der Waals surface area contributed by atoms with Gasteiger partial charge >= 0.3 is 0 Å². The first-order valence-corrected chi connectivity index (χ1v) is 6.71. The molecule has 1 N–H and O–H groups in total. The number of nitrogens with zero attached hydrogens (tertiary/aromatic N) is 4. The summed E-state index contributed by atoms with van der Waals surface area (Å²) < 4.78 is 1.69. The Morgan fingerprint density at radius 2 is 2.10 bits per heavy atom. The zero-order valence-electron chi connectivity index (χ0n) is 11.6. The Bertz CT molecular complexity index is 703. The molecule has 20 heavy (non-hydrogen) atoms. The van der Waals surface area contributed by atoms with E-state index >= 15 is 0 Å². The normalized spacial score (nSPS) is 11.3. The molecule has 0 aliphatic rings. The predicted octanol–water partition coefficient (Wildman–Crippen LogP) is 2.31. The third kappa shape index (κ3) is 2.53. The number of rotatable bonds is 4. The van der Waals surface area contributed by atoms with Crippen LogP contribution in [0.2, 0.25) is 0 Å². The molecule has 0 radical (unpaired) electrons. The van der Waals surface area contributed by atoms with Crippen LogP contribution in [0.25, 0.3) is 16.7 Å². The third-order valence-corrected chi connectivity index (χ3v) is 3.14. The fourth-order valence-corrected chi connectivity index (χ4v) is 2.14. The van der Waals surface area contributed by atoms with Gasteiger partial charge in [0.1, 0.15) is 12.7 Å². The molecule has 0 amide bonds. The molecule has 5 heteroatoms. The minimum atomic E-state index is 0.441. The van der Waals surface area contributed by atoms with E-state index in [1.54, 1.807) is 11.0 Å². The number of para-hydroxylation sites is 1. The molecule has 0 aliphatic heterocycles. The molecule has 0 spiro atoms. The summed E-state index contributed by atoms with van der Waals surface area (Å²) in [6, 6.07) is 10.7. The van der Waals surface area contributed by atoms with Crippen LogP contribution in [-0.2, 0) is 6.54 Å². The summed E-state index contributed by atoms with van der Waals surface area (Å²) in [7, 11) is 0. The quantitative estimate of drug-likeness (QED) is 0.788. The van der Waals surface area contributed by atoms with Gasteiger partial charge in [0.25, 0.3) is 0 Å². The van der Waals surface area contributed by atoms with E-state index in [-0.39, 0.29) is 0 Å². The highest BCUT2D eigenvalue weighted by atomic mass is 15.3. The molecule has 5 nitrogen and oxygen atoms in total. The van der Waals surface area contributed by atoms with Crippen LogP contribution in [0.3, 0.4) is 0 Å². The molecular weight excluding hydrogens is 250 g/mol.